The molecule has 4 N–H and O–H groups in total. The van der Waals surface area contributed by atoms with Crippen LogP contribution in [-0.4, -0.2) is 91.8 Å². The minimum absolute atomic E-state index is 0.00865. The highest BCUT2D eigenvalue weighted by Crippen LogP contribution is 2.19. The molecule has 0 aromatic carbocycles. The Hall–Kier alpha value is -2.85. The molecule has 0 aromatic heterocycles. The molecule has 0 aliphatic rings. The van der Waals surface area contributed by atoms with E-state index in [1.807, 2.05) is 0 Å². The van der Waals surface area contributed by atoms with E-state index in [1.54, 1.807) is 9.80 Å². The summed E-state index contributed by atoms with van der Waals surface area (Å²) < 4.78 is 0. The second kappa shape index (κ2) is 75.5. The van der Waals surface area contributed by atoms with E-state index in [0.717, 1.165) is 77.0 Å². The summed E-state index contributed by atoms with van der Waals surface area (Å²) in [7, 11) is 0. The van der Waals surface area contributed by atoms with Crippen molar-refractivity contribution in [2.45, 2.75) is 439 Å². The Balaban J connectivity index is 5.38. The molecule has 0 aliphatic heterocycles. The molecule has 0 bridgehead atoms. The predicted octanol–water partition coefficient (Wildman–Crippen LogP) is 23.2. The van der Waals surface area contributed by atoms with Crippen molar-refractivity contribution in [1.29, 1.82) is 0 Å². The summed E-state index contributed by atoms with van der Waals surface area (Å²) in [5.74, 6) is 0.0346. The van der Waals surface area contributed by atoms with Crippen LogP contribution in [0.1, 0.15) is 439 Å². The summed E-state index contributed by atoms with van der Waals surface area (Å²) in [6.07, 6.45) is 78.9. The third-order valence-electron chi connectivity index (χ3n) is 19.4. The van der Waals surface area contributed by atoms with Gasteiger partial charge in [-0.3, -0.25) is 19.2 Å². The van der Waals surface area contributed by atoms with Crippen LogP contribution in [-0.2, 0) is 19.2 Å². The summed E-state index contributed by atoms with van der Waals surface area (Å²) in [5.41, 5.74) is 0. The van der Waals surface area contributed by atoms with E-state index in [4.69, 9.17) is 0 Å². The topological polar surface area (TPSA) is 140 Å². The zero-order valence-corrected chi connectivity index (χ0v) is 62.3. The van der Waals surface area contributed by atoms with Gasteiger partial charge in [0.15, 0.2) is 0 Å². The maximum Gasteiger partial charge on any atom is 0.320 e. The number of unbranched alkanes of at least 4 members (excludes halogenated alkanes) is 56. The lowest BCUT2D eigenvalue weighted by Crippen LogP contribution is -2.51. The van der Waals surface area contributed by atoms with Crippen molar-refractivity contribution in [3.05, 3.63) is 0 Å². The van der Waals surface area contributed by atoms with Gasteiger partial charge in [0.2, 0.25) is 23.6 Å². The van der Waals surface area contributed by atoms with E-state index >= 15 is 0 Å². The molecular weight excluding hydrogens is 1140 g/mol. The zero-order chi connectivity index (χ0) is 66.8. The molecule has 11 heteroatoms. The van der Waals surface area contributed by atoms with Crippen LogP contribution >= 0.6 is 0 Å². The number of amides is 6. The fourth-order valence-corrected chi connectivity index (χ4v) is 13.1. The molecule has 544 valence electrons. The maximum atomic E-state index is 14.7. The molecular formula is C81H160N6O5. The molecule has 0 rings (SSSR count). The first-order chi connectivity index (χ1) is 45.3. The lowest BCUT2D eigenvalue weighted by atomic mass is 10.0. The SMILES string of the molecule is CCCCCCCCCCCCCCCCCC(=O)NCCN(CCNC(=O)CCCCCCCCCCCCCCCCC)C(=O)N(CCNC(=O)CCCCCCCCCCCCCCCCC)CCNC(=O)CCCCCCCCCCCCCCCCC. The number of hydrogen-bond donors (Lipinski definition) is 4. The Kier molecular flexibility index (Phi) is 73.2. The minimum atomic E-state index is -0.216. The fraction of sp³-hybridized carbons (Fsp3) is 0.938. The van der Waals surface area contributed by atoms with Crippen molar-refractivity contribution in [3.8, 4) is 0 Å². The molecule has 0 aromatic rings. The van der Waals surface area contributed by atoms with Gasteiger partial charge in [0.1, 0.15) is 0 Å². The van der Waals surface area contributed by atoms with Crippen molar-refractivity contribution in [2.24, 2.45) is 0 Å². The highest BCUT2D eigenvalue weighted by molar-refractivity contribution is 5.78. The Morgan fingerprint density at radius 3 is 0.435 bits per heavy atom. The maximum absolute atomic E-state index is 14.7. The van der Waals surface area contributed by atoms with Crippen LogP contribution in [0.3, 0.4) is 0 Å². The standard InChI is InChI=1S/C81H160N6O5/c1-5-9-13-17-21-25-29-33-37-41-45-49-53-57-61-65-77(88)82-69-73-86(74-70-83-78(89)66-62-58-54-50-46-42-38-34-30-26-22-18-14-10-6-2)81(92)87(75-71-84-79(90)67-63-59-55-51-47-43-39-35-31-27-23-19-15-11-7-3)76-72-85-80(91)68-64-60-56-52-48-44-40-36-32-28-24-20-16-12-8-4/h5-76H2,1-4H3,(H,82,88)(H,83,89)(H,84,90)(H,85,91). The Morgan fingerprint density at radius 1 is 0.185 bits per heavy atom. The van der Waals surface area contributed by atoms with Crippen LogP contribution in [0, 0.1) is 0 Å². The largest absolute Gasteiger partial charge is 0.354 e. The Labute approximate surface area is 572 Å². The van der Waals surface area contributed by atoms with Crippen LogP contribution in [0.15, 0.2) is 0 Å². The average Bonchev–Trinajstić information content (AvgIpc) is 3.52. The third kappa shape index (κ3) is 68.5. The summed E-state index contributed by atoms with van der Waals surface area (Å²) >= 11 is 0. The summed E-state index contributed by atoms with van der Waals surface area (Å²) in [6, 6.07) is -0.216. The van der Waals surface area contributed by atoms with Gasteiger partial charge in [-0.2, -0.15) is 0 Å². The van der Waals surface area contributed by atoms with Gasteiger partial charge >= 0.3 is 6.03 Å². The van der Waals surface area contributed by atoms with Crippen LogP contribution < -0.4 is 21.3 Å². The Morgan fingerprint density at radius 2 is 0.304 bits per heavy atom. The van der Waals surface area contributed by atoms with E-state index in [9.17, 15) is 24.0 Å². The molecule has 11 nitrogen and oxygen atoms in total. The number of carbonyl (C=O) groups is 5. The lowest BCUT2D eigenvalue weighted by Gasteiger charge is -2.31. The third-order valence-corrected chi connectivity index (χ3v) is 19.4. The van der Waals surface area contributed by atoms with E-state index in [0.29, 0.717) is 78.0 Å². The Bertz CT molecular complexity index is 1350. The van der Waals surface area contributed by atoms with E-state index in [-0.39, 0.29) is 29.7 Å². The van der Waals surface area contributed by atoms with Crippen LogP contribution in [0.25, 0.3) is 0 Å². The van der Waals surface area contributed by atoms with E-state index < -0.39 is 0 Å². The number of nitrogens with zero attached hydrogens (tertiary/aromatic N) is 2. The van der Waals surface area contributed by atoms with Gasteiger partial charge in [-0.05, 0) is 25.7 Å². The molecule has 0 heterocycles. The van der Waals surface area contributed by atoms with Gasteiger partial charge in [-0.1, -0.05) is 387 Å². The molecule has 0 radical (unpaired) electrons. The van der Waals surface area contributed by atoms with E-state index in [1.165, 1.54) is 308 Å². The average molecular weight is 1300 g/mol. The number of carbonyl (C=O) groups excluding carboxylic acids is 5. The zero-order valence-electron chi connectivity index (χ0n) is 62.3. The van der Waals surface area contributed by atoms with Gasteiger partial charge in [0, 0.05) is 78.0 Å². The first-order valence-corrected chi connectivity index (χ1v) is 41.4. The van der Waals surface area contributed by atoms with Crippen LogP contribution in [0.2, 0.25) is 0 Å². The van der Waals surface area contributed by atoms with Gasteiger partial charge in [0.05, 0.1) is 0 Å². The van der Waals surface area contributed by atoms with Gasteiger partial charge in [0.25, 0.3) is 0 Å². The van der Waals surface area contributed by atoms with Crippen molar-refractivity contribution in [2.75, 3.05) is 52.4 Å². The second-order valence-corrected chi connectivity index (χ2v) is 28.5. The summed E-state index contributed by atoms with van der Waals surface area (Å²) in [5, 5.41) is 12.4. The van der Waals surface area contributed by atoms with Crippen LogP contribution in [0.5, 0.6) is 0 Å². The van der Waals surface area contributed by atoms with Gasteiger partial charge < -0.3 is 31.1 Å². The molecule has 0 fully saturated rings. The number of rotatable bonds is 76. The fourth-order valence-electron chi connectivity index (χ4n) is 13.1. The minimum Gasteiger partial charge on any atom is -0.354 e. The van der Waals surface area contributed by atoms with Gasteiger partial charge in [-0.15, -0.1) is 0 Å². The number of urea groups is 1. The second-order valence-electron chi connectivity index (χ2n) is 28.5. The lowest BCUT2D eigenvalue weighted by molar-refractivity contribution is -0.122. The highest BCUT2D eigenvalue weighted by atomic mass is 16.2. The van der Waals surface area contributed by atoms with Crippen molar-refractivity contribution in [3.63, 3.8) is 0 Å². The molecule has 92 heavy (non-hydrogen) atoms. The monoisotopic (exact) mass is 1300 g/mol. The summed E-state index contributed by atoms with van der Waals surface area (Å²) in [6.45, 7) is 11.6. The first-order valence-electron chi connectivity index (χ1n) is 41.4. The molecule has 0 saturated carbocycles. The quantitative estimate of drug-likeness (QED) is 0.0449. The first kappa shape index (κ1) is 89.2. The van der Waals surface area contributed by atoms with E-state index in [2.05, 4.69) is 49.0 Å². The molecule has 6 amide bonds. The molecule has 0 spiro atoms. The van der Waals surface area contributed by atoms with Gasteiger partial charge in [-0.25, -0.2) is 4.79 Å². The molecule has 0 unspecified atom stereocenters. The summed E-state index contributed by atoms with van der Waals surface area (Å²) in [4.78, 5) is 70.7. The molecule has 0 aliphatic carbocycles. The molecule has 0 atom stereocenters. The predicted molar refractivity (Wildman–Crippen MR) is 399 cm³/mol. The van der Waals surface area contributed by atoms with Crippen LogP contribution in [0.4, 0.5) is 4.79 Å². The van der Waals surface area contributed by atoms with Crippen molar-refractivity contribution >= 4 is 29.7 Å². The number of nitrogens with one attached hydrogen (secondary N) is 4. The highest BCUT2D eigenvalue weighted by Gasteiger charge is 2.22. The van der Waals surface area contributed by atoms with Crippen molar-refractivity contribution in [1.82, 2.24) is 31.1 Å². The molecule has 0 saturated heterocycles. The number of hydrogen-bond acceptors (Lipinski definition) is 5. The normalized spacial score (nSPS) is 11.3. The van der Waals surface area contributed by atoms with Crippen molar-refractivity contribution < 1.29 is 24.0 Å². The smallest absolute Gasteiger partial charge is 0.320 e.